The third kappa shape index (κ3) is 6.72. The molecule has 0 aliphatic heterocycles. The van der Waals surface area contributed by atoms with E-state index < -0.39 is 26.8 Å². The summed E-state index contributed by atoms with van der Waals surface area (Å²) < 4.78 is 74.3. The molecule has 0 radical (unpaired) electrons. The quantitative estimate of drug-likeness (QED) is 0.233. The molecule has 6 nitrogen and oxygen atoms in total. The molecule has 0 atom stereocenters. The average Bonchev–Trinajstić information content (AvgIpc) is 3.37. The van der Waals surface area contributed by atoms with Crippen LogP contribution in [0.25, 0.3) is 0 Å². The van der Waals surface area contributed by atoms with E-state index in [0.717, 1.165) is 18.2 Å². The van der Waals surface area contributed by atoms with E-state index in [2.05, 4.69) is 0 Å². The number of furan rings is 1. The van der Waals surface area contributed by atoms with Gasteiger partial charge < -0.3 is 13.5 Å². The lowest BCUT2D eigenvalue weighted by atomic mass is 10.1. The van der Waals surface area contributed by atoms with Gasteiger partial charge in [0.2, 0.25) is 0 Å². The lowest BCUT2D eigenvalue weighted by molar-refractivity contribution is -0.137. The molecule has 0 fully saturated rings. The largest absolute Gasteiger partial charge is 0.467 e. The highest BCUT2D eigenvalue weighted by atomic mass is 35.5. The fourth-order valence-electron chi connectivity index (χ4n) is 3.44. The third-order valence-corrected chi connectivity index (χ3v) is 6.75. The minimum atomic E-state index is -4.70. The van der Waals surface area contributed by atoms with Crippen molar-refractivity contribution in [3.8, 4) is 5.75 Å². The van der Waals surface area contributed by atoms with Gasteiger partial charge in [-0.05, 0) is 72.3 Å². The van der Waals surface area contributed by atoms with Crippen LogP contribution in [-0.4, -0.2) is 19.2 Å². The Bertz CT molecular complexity index is 1470. The first-order chi connectivity index (χ1) is 17.5. The van der Waals surface area contributed by atoms with Gasteiger partial charge in [-0.1, -0.05) is 29.8 Å². The summed E-state index contributed by atoms with van der Waals surface area (Å²) in [5, 5.41) is 0.491. The summed E-state index contributed by atoms with van der Waals surface area (Å²) in [5.41, 5.74) is -0.0321. The number of carbonyl (C=O) groups excluding carboxylic acids is 1. The second-order valence-electron chi connectivity index (χ2n) is 7.95. The van der Waals surface area contributed by atoms with Crippen LogP contribution >= 0.6 is 11.6 Å². The molecule has 1 heterocycles. The molecular weight excluding hydrogens is 531 g/mol. The Labute approximate surface area is 216 Å². The van der Waals surface area contributed by atoms with Gasteiger partial charge in [0, 0.05) is 17.1 Å². The molecule has 0 unspecified atom stereocenters. The van der Waals surface area contributed by atoms with E-state index in [1.54, 1.807) is 48.5 Å². The smallest absolute Gasteiger partial charge is 0.416 e. The van der Waals surface area contributed by atoms with E-state index in [9.17, 15) is 26.4 Å². The van der Waals surface area contributed by atoms with E-state index >= 15 is 0 Å². The van der Waals surface area contributed by atoms with Crippen LogP contribution in [0.2, 0.25) is 5.02 Å². The SMILES string of the molecule is O=C(c1ccc(Cl)cc1)N(Cc1ccc(OS(=O)(=O)c2cccc(C(F)(F)F)c2)cc1)Cc1ccco1. The standard InChI is InChI=1S/C26H19ClF3NO5S/c27-21-10-8-19(9-11-21)25(32)31(17-23-4-2-14-35-23)16-18-6-12-22(13-7-18)36-37(33,34)24-5-1-3-20(15-24)26(28,29)30/h1-15H,16-17H2. The summed E-state index contributed by atoms with van der Waals surface area (Å²) in [6.45, 7) is 0.333. The van der Waals surface area contributed by atoms with Crippen LogP contribution < -0.4 is 4.18 Å². The predicted octanol–water partition coefficient (Wildman–Crippen LogP) is 6.56. The normalized spacial score (nSPS) is 11.8. The Morgan fingerprint density at radius 2 is 1.62 bits per heavy atom. The molecule has 0 bridgehead atoms. The first kappa shape index (κ1) is 26.3. The van der Waals surface area contributed by atoms with Crippen LogP contribution in [0.15, 0.2) is 101 Å². The highest BCUT2D eigenvalue weighted by Crippen LogP contribution is 2.31. The van der Waals surface area contributed by atoms with Gasteiger partial charge in [0.15, 0.2) is 0 Å². The molecule has 0 saturated heterocycles. The second kappa shape index (κ2) is 10.7. The van der Waals surface area contributed by atoms with Crippen LogP contribution in [-0.2, 0) is 29.4 Å². The van der Waals surface area contributed by atoms with E-state index in [1.807, 2.05) is 0 Å². The molecule has 4 aromatic rings. The summed E-state index contributed by atoms with van der Waals surface area (Å²) in [6, 6.07) is 19.0. The number of benzene rings is 3. The fourth-order valence-corrected chi connectivity index (χ4v) is 4.54. The summed E-state index contributed by atoms with van der Waals surface area (Å²) in [5.74, 6) is 0.192. The fraction of sp³-hybridized carbons (Fsp3) is 0.115. The maximum Gasteiger partial charge on any atom is 0.416 e. The van der Waals surface area contributed by atoms with Crippen LogP contribution in [0.1, 0.15) is 27.2 Å². The Balaban J connectivity index is 1.51. The molecule has 11 heteroatoms. The van der Waals surface area contributed by atoms with E-state index in [1.165, 1.54) is 23.3 Å². The molecule has 0 spiro atoms. The Kier molecular flexibility index (Phi) is 7.60. The second-order valence-corrected chi connectivity index (χ2v) is 9.94. The van der Waals surface area contributed by atoms with E-state index in [0.29, 0.717) is 28.0 Å². The number of hydrogen-bond donors (Lipinski definition) is 0. The zero-order valence-corrected chi connectivity index (χ0v) is 20.6. The first-order valence-corrected chi connectivity index (χ1v) is 12.6. The van der Waals surface area contributed by atoms with Gasteiger partial charge in [0.25, 0.3) is 5.91 Å². The van der Waals surface area contributed by atoms with Gasteiger partial charge >= 0.3 is 16.3 Å². The van der Waals surface area contributed by atoms with Gasteiger partial charge in [-0.25, -0.2) is 0 Å². The van der Waals surface area contributed by atoms with Crippen LogP contribution in [0.5, 0.6) is 5.75 Å². The van der Waals surface area contributed by atoms with Gasteiger partial charge in [0.1, 0.15) is 16.4 Å². The molecule has 3 aromatic carbocycles. The first-order valence-electron chi connectivity index (χ1n) is 10.8. The molecule has 37 heavy (non-hydrogen) atoms. The summed E-state index contributed by atoms with van der Waals surface area (Å²) in [7, 11) is -4.51. The predicted molar refractivity (Wildman–Crippen MR) is 129 cm³/mol. The van der Waals surface area contributed by atoms with Gasteiger partial charge in [-0.15, -0.1) is 0 Å². The Morgan fingerprint density at radius 3 is 2.24 bits per heavy atom. The number of halogens is 4. The molecular formula is C26H19ClF3NO5S. The van der Waals surface area contributed by atoms with Crippen molar-refractivity contribution in [1.82, 2.24) is 4.90 Å². The van der Waals surface area contributed by atoms with Crippen molar-refractivity contribution in [3.05, 3.63) is 119 Å². The van der Waals surface area contributed by atoms with Crippen molar-refractivity contribution in [2.75, 3.05) is 0 Å². The van der Waals surface area contributed by atoms with Crippen LogP contribution in [0, 0.1) is 0 Å². The Hall–Kier alpha value is -3.76. The molecule has 192 valence electrons. The number of rotatable bonds is 8. The number of alkyl halides is 3. The molecule has 1 aromatic heterocycles. The third-order valence-electron chi connectivity index (χ3n) is 5.26. The summed E-state index contributed by atoms with van der Waals surface area (Å²) >= 11 is 5.92. The molecule has 0 N–H and O–H groups in total. The summed E-state index contributed by atoms with van der Waals surface area (Å²) in [6.07, 6.45) is -3.20. The lowest BCUT2D eigenvalue weighted by Crippen LogP contribution is -2.30. The van der Waals surface area contributed by atoms with Gasteiger partial charge in [0.05, 0.1) is 18.4 Å². The number of amides is 1. The highest BCUT2D eigenvalue weighted by molar-refractivity contribution is 7.87. The van der Waals surface area contributed by atoms with Crippen molar-refractivity contribution in [1.29, 1.82) is 0 Å². The van der Waals surface area contributed by atoms with E-state index in [-0.39, 0.29) is 24.7 Å². The number of carbonyl (C=O) groups is 1. The maximum absolute atomic E-state index is 13.2. The van der Waals surface area contributed by atoms with Crippen molar-refractivity contribution in [2.45, 2.75) is 24.2 Å². The lowest BCUT2D eigenvalue weighted by Gasteiger charge is -2.22. The van der Waals surface area contributed by atoms with Crippen molar-refractivity contribution in [3.63, 3.8) is 0 Å². The zero-order chi connectivity index (χ0) is 26.6. The van der Waals surface area contributed by atoms with Crippen molar-refractivity contribution >= 4 is 27.6 Å². The molecule has 0 aliphatic rings. The van der Waals surface area contributed by atoms with Crippen LogP contribution in [0.4, 0.5) is 13.2 Å². The Morgan fingerprint density at radius 1 is 0.919 bits per heavy atom. The van der Waals surface area contributed by atoms with Crippen LogP contribution in [0.3, 0.4) is 0 Å². The molecule has 4 rings (SSSR count). The van der Waals surface area contributed by atoms with E-state index in [4.69, 9.17) is 20.2 Å². The maximum atomic E-state index is 13.2. The molecule has 0 saturated carbocycles. The molecule has 0 aliphatic carbocycles. The van der Waals surface area contributed by atoms with Gasteiger partial charge in [-0.3, -0.25) is 4.79 Å². The summed E-state index contributed by atoms with van der Waals surface area (Å²) in [4.78, 5) is 14.1. The minimum absolute atomic E-state index is 0.0947. The number of nitrogens with zero attached hydrogens (tertiary/aromatic N) is 1. The zero-order valence-electron chi connectivity index (χ0n) is 19.0. The minimum Gasteiger partial charge on any atom is -0.467 e. The van der Waals surface area contributed by atoms with Gasteiger partial charge in [-0.2, -0.15) is 21.6 Å². The monoisotopic (exact) mass is 549 g/mol. The highest BCUT2D eigenvalue weighted by Gasteiger charge is 2.32. The van der Waals surface area contributed by atoms with Crippen molar-refractivity contribution in [2.24, 2.45) is 0 Å². The average molecular weight is 550 g/mol. The van der Waals surface area contributed by atoms with Crippen molar-refractivity contribution < 1.29 is 35.0 Å². The molecule has 1 amide bonds. The topological polar surface area (TPSA) is 76.8 Å². The number of hydrogen-bond acceptors (Lipinski definition) is 5.